The zero-order valence-electron chi connectivity index (χ0n) is 14.1. The van der Waals surface area contributed by atoms with Crippen LogP contribution in [0.15, 0.2) is 6.07 Å². The van der Waals surface area contributed by atoms with Crippen LogP contribution < -0.4 is 5.73 Å². The van der Waals surface area contributed by atoms with Gasteiger partial charge in [-0.25, -0.2) is 0 Å². The lowest BCUT2D eigenvalue weighted by Crippen LogP contribution is -2.54. The molecule has 2 aliphatic rings. The van der Waals surface area contributed by atoms with Gasteiger partial charge in [0.25, 0.3) is 5.91 Å². The lowest BCUT2D eigenvalue weighted by molar-refractivity contribution is 0.0532. The monoisotopic (exact) mass is 325 g/mol. The summed E-state index contributed by atoms with van der Waals surface area (Å²) in [6, 6.07) is 2.87. The maximum atomic E-state index is 12.9. The number of hydrogen-bond donors (Lipinski definition) is 1. The van der Waals surface area contributed by atoms with Gasteiger partial charge in [-0.2, -0.15) is 0 Å². The summed E-state index contributed by atoms with van der Waals surface area (Å²) in [5.41, 5.74) is 9.40. The Bertz CT molecular complexity index is 575. The number of amides is 1. The molecule has 0 aromatic carbocycles. The summed E-state index contributed by atoms with van der Waals surface area (Å²) in [6.07, 6.45) is 3.38. The quantitative estimate of drug-likeness (QED) is 0.908. The Kier molecular flexibility index (Phi) is 4.65. The molecule has 0 bridgehead atoms. The van der Waals surface area contributed by atoms with Crippen LogP contribution in [0, 0.1) is 19.3 Å². The highest BCUT2D eigenvalue weighted by atomic mass is 35.5. The van der Waals surface area contributed by atoms with E-state index in [1.165, 1.54) is 18.5 Å². The molecule has 0 spiro atoms. The maximum absolute atomic E-state index is 12.9. The fourth-order valence-corrected chi connectivity index (χ4v) is 3.61. The van der Waals surface area contributed by atoms with Crippen LogP contribution in [0.4, 0.5) is 0 Å². The van der Waals surface area contributed by atoms with E-state index in [2.05, 4.69) is 38.3 Å². The highest BCUT2D eigenvalue weighted by Gasteiger charge is 2.37. The topological polar surface area (TPSA) is 51.3 Å². The van der Waals surface area contributed by atoms with Crippen LogP contribution >= 0.6 is 12.4 Å². The Morgan fingerprint density at radius 2 is 1.91 bits per heavy atom. The number of piperidine rings is 1. The summed E-state index contributed by atoms with van der Waals surface area (Å²) >= 11 is 0. The predicted octanol–water partition coefficient (Wildman–Crippen LogP) is 3.06. The standard InChI is InChI=1S/C17H27N3O.ClH/c1-11-9-14(12(2)20(11)13-5-6-13)16(21)19-8-7-15(18)17(3,4)10-19;/h9,13,15H,5-8,10,18H2,1-4H3;1H. The van der Waals surface area contributed by atoms with Crippen LogP contribution in [0.25, 0.3) is 0 Å². The van der Waals surface area contributed by atoms with E-state index in [-0.39, 0.29) is 29.8 Å². The van der Waals surface area contributed by atoms with Gasteiger partial charge in [0.05, 0.1) is 5.56 Å². The van der Waals surface area contributed by atoms with Gasteiger partial charge >= 0.3 is 0 Å². The van der Waals surface area contributed by atoms with Gasteiger partial charge in [0.1, 0.15) is 0 Å². The normalized spacial score (nSPS) is 24.0. The lowest BCUT2D eigenvalue weighted by Gasteiger charge is -2.42. The zero-order chi connectivity index (χ0) is 15.4. The second-order valence-corrected chi connectivity index (χ2v) is 7.50. The second-order valence-electron chi connectivity index (χ2n) is 7.50. The fourth-order valence-electron chi connectivity index (χ4n) is 3.61. The molecule has 1 unspecified atom stereocenters. The van der Waals surface area contributed by atoms with Gasteiger partial charge in [-0.15, -0.1) is 12.4 Å². The predicted molar refractivity (Wildman–Crippen MR) is 91.7 cm³/mol. The van der Waals surface area contributed by atoms with Crippen LogP contribution in [0.1, 0.15) is 60.9 Å². The smallest absolute Gasteiger partial charge is 0.255 e. The van der Waals surface area contributed by atoms with E-state index in [1.807, 2.05) is 4.90 Å². The van der Waals surface area contributed by atoms with Crippen molar-refractivity contribution >= 4 is 18.3 Å². The van der Waals surface area contributed by atoms with E-state index in [0.29, 0.717) is 6.04 Å². The van der Waals surface area contributed by atoms with Crippen LogP contribution in [-0.4, -0.2) is 34.5 Å². The van der Waals surface area contributed by atoms with Crippen molar-refractivity contribution in [3.63, 3.8) is 0 Å². The van der Waals surface area contributed by atoms with E-state index in [0.717, 1.165) is 30.8 Å². The minimum atomic E-state index is -0.00405. The van der Waals surface area contributed by atoms with Crippen LogP contribution in [0.2, 0.25) is 0 Å². The van der Waals surface area contributed by atoms with Gasteiger partial charge in [-0.3, -0.25) is 4.79 Å². The molecule has 0 radical (unpaired) electrons. The summed E-state index contributed by atoms with van der Waals surface area (Å²) < 4.78 is 2.34. The molecule has 1 saturated heterocycles. The van der Waals surface area contributed by atoms with Gasteiger partial charge < -0.3 is 15.2 Å². The van der Waals surface area contributed by atoms with Crippen molar-refractivity contribution in [2.24, 2.45) is 11.1 Å². The summed E-state index contributed by atoms with van der Waals surface area (Å²) in [5.74, 6) is 0.176. The van der Waals surface area contributed by atoms with Gasteiger partial charge in [-0.1, -0.05) is 13.8 Å². The molecule has 1 aromatic rings. The second kappa shape index (κ2) is 5.89. The van der Waals surface area contributed by atoms with Crippen molar-refractivity contribution in [1.82, 2.24) is 9.47 Å². The van der Waals surface area contributed by atoms with Crippen molar-refractivity contribution in [1.29, 1.82) is 0 Å². The molecule has 1 aliphatic carbocycles. The van der Waals surface area contributed by atoms with Crippen LogP contribution in [0.3, 0.4) is 0 Å². The van der Waals surface area contributed by atoms with Crippen molar-refractivity contribution in [3.8, 4) is 0 Å². The molecule has 2 N–H and O–H groups in total. The van der Waals surface area contributed by atoms with E-state index in [4.69, 9.17) is 5.73 Å². The molecule has 4 nitrogen and oxygen atoms in total. The molecule has 124 valence electrons. The van der Waals surface area contributed by atoms with Crippen molar-refractivity contribution in [2.45, 2.75) is 59.0 Å². The third kappa shape index (κ3) is 2.91. The largest absolute Gasteiger partial charge is 0.345 e. The summed E-state index contributed by atoms with van der Waals surface area (Å²) in [5, 5.41) is 0. The zero-order valence-corrected chi connectivity index (χ0v) is 14.9. The molecule has 1 aliphatic heterocycles. The Labute approximate surface area is 139 Å². The van der Waals surface area contributed by atoms with E-state index >= 15 is 0 Å². The van der Waals surface area contributed by atoms with Gasteiger partial charge in [-0.05, 0) is 44.6 Å². The Hall–Kier alpha value is -1.000. The first kappa shape index (κ1) is 17.4. The van der Waals surface area contributed by atoms with Crippen LogP contribution in [-0.2, 0) is 0 Å². The first-order valence-corrected chi connectivity index (χ1v) is 8.04. The molecule has 5 heteroatoms. The molecular weight excluding hydrogens is 298 g/mol. The summed E-state index contributed by atoms with van der Waals surface area (Å²) in [7, 11) is 0. The fraction of sp³-hybridized carbons (Fsp3) is 0.706. The van der Waals surface area contributed by atoms with E-state index in [1.54, 1.807) is 0 Å². The number of carbonyl (C=O) groups excluding carboxylic acids is 1. The molecule has 1 amide bonds. The van der Waals surface area contributed by atoms with Gasteiger partial charge in [0.15, 0.2) is 0 Å². The van der Waals surface area contributed by atoms with Crippen molar-refractivity contribution < 1.29 is 4.79 Å². The number of rotatable bonds is 2. The number of nitrogens with two attached hydrogens (primary N) is 1. The molecule has 1 atom stereocenters. The summed E-state index contributed by atoms with van der Waals surface area (Å²) in [4.78, 5) is 14.9. The Morgan fingerprint density at radius 1 is 1.27 bits per heavy atom. The number of aryl methyl sites for hydroxylation is 1. The third-order valence-electron chi connectivity index (χ3n) is 5.23. The lowest BCUT2D eigenvalue weighted by atomic mass is 9.79. The first-order valence-electron chi connectivity index (χ1n) is 8.04. The molecule has 1 saturated carbocycles. The highest BCUT2D eigenvalue weighted by molar-refractivity contribution is 5.96. The number of carbonyl (C=O) groups is 1. The molecular formula is C17H28ClN3O. The third-order valence-corrected chi connectivity index (χ3v) is 5.23. The Balaban J connectivity index is 0.00000176. The number of hydrogen-bond acceptors (Lipinski definition) is 2. The van der Waals surface area contributed by atoms with E-state index in [9.17, 15) is 4.79 Å². The number of aromatic nitrogens is 1. The van der Waals surface area contributed by atoms with Crippen molar-refractivity contribution in [2.75, 3.05) is 13.1 Å². The van der Waals surface area contributed by atoms with E-state index < -0.39 is 0 Å². The maximum Gasteiger partial charge on any atom is 0.255 e. The van der Waals surface area contributed by atoms with Gasteiger partial charge in [0.2, 0.25) is 0 Å². The molecule has 3 rings (SSSR count). The molecule has 2 heterocycles. The first-order chi connectivity index (χ1) is 9.81. The minimum absolute atomic E-state index is 0. The Morgan fingerprint density at radius 3 is 2.45 bits per heavy atom. The number of likely N-dealkylation sites (tertiary alicyclic amines) is 1. The highest BCUT2D eigenvalue weighted by Crippen LogP contribution is 2.39. The molecule has 1 aromatic heterocycles. The average molecular weight is 326 g/mol. The average Bonchev–Trinajstić information content (AvgIpc) is 3.18. The van der Waals surface area contributed by atoms with Crippen molar-refractivity contribution in [3.05, 3.63) is 23.0 Å². The SMILES string of the molecule is Cc1cc(C(=O)N2CCC(N)C(C)(C)C2)c(C)n1C1CC1.Cl. The molecule has 2 fully saturated rings. The van der Waals surface area contributed by atoms with Gasteiger partial charge in [0, 0.05) is 36.6 Å². The minimum Gasteiger partial charge on any atom is -0.345 e. The summed E-state index contributed by atoms with van der Waals surface area (Å²) in [6.45, 7) is 10.0. The molecule has 22 heavy (non-hydrogen) atoms. The number of nitrogens with zero attached hydrogens (tertiary/aromatic N) is 2. The number of halogens is 1. The van der Waals surface area contributed by atoms with Crippen LogP contribution in [0.5, 0.6) is 0 Å².